The normalized spacial score (nSPS) is 11.6. The van der Waals surface area contributed by atoms with Gasteiger partial charge in [0, 0.05) is 23.8 Å². The van der Waals surface area contributed by atoms with Crippen molar-refractivity contribution in [2.24, 2.45) is 0 Å². The number of nitrogens with one attached hydrogen (secondary N) is 4. The van der Waals surface area contributed by atoms with Crippen LogP contribution in [0.3, 0.4) is 0 Å². The minimum Gasteiger partial charge on any atom is -0.453 e. The van der Waals surface area contributed by atoms with Crippen LogP contribution in [0.1, 0.15) is 5.56 Å². The van der Waals surface area contributed by atoms with Gasteiger partial charge in [-0.05, 0) is 42.5 Å². The highest BCUT2D eigenvalue weighted by atomic mass is 19.4. The van der Waals surface area contributed by atoms with Crippen LogP contribution in [-0.2, 0) is 6.18 Å². The number of halogens is 4. The van der Waals surface area contributed by atoms with E-state index >= 15 is 0 Å². The van der Waals surface area contributed by atoms with E-state index in [1.165, 1.54) is 24.5 Å². The van der Waals surface area contributed by atoms with Gasteiger partial charge in [-0.15, -0.1) is 0 Å². The molecular formula is C23H14F4N6O3. The van der Waals surface area contributed by atoms with Gasteiger partial charge in [0.1, 0.15) is 16.9 Å². The number of fused-ring (bicyclic) bond motifs is 2. The Morgan fingerprint density at radius 1 is 0.917 bits per heavy atom. The predicted octanol–water partition coefficient (Wildman–Crippen LogP) is 5.39. The summed E-state index contributed by atoms with van der Waals surface area (Å²) >= 11 is 0. The number of nitrogens with zero attached hydrogens (tertiary/aromatic N) is 2. The number of anilines is 2. The lowest BCUT2D eigenvalue weighted by Crippen LogP contribution is -2.21. The molecule has 0 atom stereocenters. The second-order valence-electron chi connectivity index (χ2n) is 7.50. The largest absolute Gasteiger partial charge is 0.453 e. The molecule has 0 spiro atoms. The fourth-order valence-electron chi connectivity index (χ4n) is 3.53. The number of aromatic nitrogens is 4. The number of carbonyl (C=O) groups is 1. The molecule has 182 valence electrons. The van der Waals surface area contributed by atoms with Crippen LogP contribution in [0.4, 0.5) is 33.7 Å². The number of H-pyrrole nitrogens is 2. The molecule has 0 radical (unpaired) electrons. The maximum Gasteiger partial charge on any atom is 0.416 e. The summed E-state index contributed by atoms with van der Waals surface area (Å²) in [6.07, 6.45) is -1.76. The molecule has 9 nitrogen and oxygen atoms in total. The maximum absolute atomic E-state index is 14.0. The third-order valence-corrected chi connectivity index (χ3v) is 5.13. The van der Waals surface area contributed by atoms with Crippen molar-refractivity contribution in [2.75, 3.05) is 10.6 Å². The highest BCUT2D eigenvalue weighted by Crippen LogP contribution is 2.35. The Bertz CT molecular complexity index is 1680. The van der Waals surface area contributed by atoms with E-state index in [4.69, 9.17) is 4.74 Å². The molecule has 5 aromatic rings. The predicted molar refractivity (Wildman–Crippen MR) is 123 cm³/mol. The second kappa shape index (κ2) is 8.69. The molecule has 2 aromatic carbocycles. The summed E-state index contributed by atoms with van der Waals surface area (Å²) in [5.74, 6) is -0.446. The number of rotatable bonds is 4. The van der Waals surface area contributed by atoms with Crippen molar-refractivity contribution in [3.8, 4) is 11.5 Å². The third-order valence-electron chi connectivity index (χ3n) is 5.13. The van der Waals surface area contributed by atoms with Gasteiger partial charge in [-0.3, -0.25) is 9.97 Å². The van der Waals surface area contributed by atoms with Crippen LogP contribution in [0.2, 0.25) is 0 Å². The zero-order valence-corrected chi connectivity index (χ0v) is 17.9. The molecule has 0 bridgehead atoms. The van der Waals surface area contributed by atoms with E-state index in [9.17, 15) is 27.2 Å². The van der Waals surface area contributed by atoms with Gasteiger partial charge in [0.05, 0.1) is 16.9 Å². The van der Waals surface area contributed by atoms with Crippen LogP contribution in [0, 0.1) is 5.82 Å². The van der Waals surface area contributed by atoms with Crippen molar-refractivity contribution in [2.45, 2.75) is 6.18 Å². The van der Waals surface area contributed by atoms with Crippen molar-refractivity contribution >= 4 is 39.5 Å². The minimum absolute atomic E-state index is 0.241. The first-order valence-corrected chi connectivity index (χ1v) is 10.3. The van der Waals surface area contributed by atoms with Crippen LogP contribution >= 0.6 is 0 Å². The van der Waals surface area contributed by atoms with Crippen molar-refractivity contribution in [3.63, 3.8) is 0 Å². The van der Waals surface area contributed by atoms with Crippen LogP contribution < -0.4 is 21.1 Å². The molecule has 0 fully saturated rings. The Balaban J connectivity index is 1.43. The van der Waals surface area contributed by atoms with E-state index in [2.05, 4.69) is 30.6 Å². The maximum atomic E-state index is 14.0. The van der Waals surface area contributed by atoms with Crippen molar-refractivity contribution in [1.29, 1.82) is 0 Å². The quantitative estimate of drug-likeness (QED) is 0.247. The standard InChI is InChI=1S/C23H14F4N6O3/c24-13-4-3-11(23(25,26)27)10-15(13)31-21(34)30-14-5-6-16(18-12(14)2-1-8-28-18)36-17-7-9-29-20-19(17)32-22(35)33-20/h1-10H,(H2,30,31,34)(H2,29,32,33,35). The molecular weight excluding hydrogens is 484 g/mol. The van der Waals surface area contributed by atoms with E-state index in [1.54, 1.807) is 18.2 Å². The molecule has 0 unspecified atom stereocenters. The first kappa shape index (κ1) is 22.8. The lowest BCUT2D eigenvalue weighted by atomic mass is 10.1. The molecule has 3 aromatic heterocycles. The van der Waals surface area contributed by atoms with Crippen LogP contribution in [0.25, 0.3) is 22.1 Å². The number of hydrogen-bond donors (Lipinski definition) is 4. The number of pyridine rings is 2. The summed E-state index contributed by atoms with van der Waals surface area (Å²) in [6, 6.07) is 8.52. The van der Waals surface area contributed by atoms with E-state index in [-0.39, 0.29) is 11.4 Å². The van der Waals surface area contributed by atoms with E-state index in [1.807, 2.05) is 0 Å². The molecule has 13 heteroatoms. The molecule has 0 saturated carbocycles. The zero-order valence-electron chi connectivity index (χ0n) is 17.9. The number of ether oxygens (including phenoxy) is 1. The SMILES string of the molecule is O=C(Nc1cc(C(F)(F)F)ccc1F)Nc1ccc(Oc2ccnc3[nH]c(=O)[nH]c23)c2ncccc12. The van der Waals surface area contributed by atoms with Crippen LogP contribution in [-0.4, -0.2) is 26.0 Å². The van der Waals surface area contributed by atoms with E-state index in [0.29, 0.717) is 46.0 Å². The Hall–Kier alpha value is -4.94. The van der Waals surface area contributed by atoms with Crippen molar-refractivity contribution < 1.29 is 27.1 Å². The molecule has 2 amide bonds. The Kier molecular flexibility index (Phi) is 5.51. The number of carbonyl (C=O) groups excluding carboxylic acids is 1. The summed E-state index contributed by atoms with van der Waals surface area (Å²) < 4.78 is 58.8. The van der Waals surface area contributed by atoms with Crippen LogP contribution in [0.15, 0.2) is 65.7 Å². The Labute approximate surface area is 198 Å². The number of benzene rings is 2. The highest BCUT2D eigenvalue weighted by Gasteiger charge is 2.31. The first-order valence-electron chi connectivity index (χ1n) is 10.3. The van der Waals surface area contributed by atoms with Gasteiger partial charge in [-0.2, -0.15) is 13.2 Å². The summed E-state index contributed by atoms with van der Waals surface area (Å²) in [7, 11) is 0. The first-order chi connectivity index (χ1) is 17.2. The Morgan fingerprint density at radius 3 is 2.53 bits per heavy atom. The Morgan fingerprint density at radius 2 is 1.72 bits per heavy atom. The van der Waals surface area contributed by atoms with Gasteiger partial charge in [-0.25, -0.2) is 19.0 Å². The lowest BCUT2D eigenvalue weighted by molar-refractivity contribution is -0.137. The van der Waals surface area contributed by atoms with Gasteiger partial charge >= 0.3 is 17.9 Å². The molecule has 0 saturated heterocycles. The summed E-state index contributed by atoms with van der Waals surface area (Å²) in [5.41, 5.74) is -0.980. The molecule has 0 aliphatic carbocycles. The molecule has 4 N–H and O–H groups in total. The monoisotopic (exact) mass is 498 g/mol. The lowest BCUT2D eigenvalue weighted by Gasteiger charge is -2.14. The smallest absolute Gasteiger partial charge is 0.416 e. The number of hydrogen-bond acceptors (Lipinski definition) is 5. The zero-order chi connectivity index (χ0) is 25.4. The number of amides is 2. The van der Waals surface area contributed by atoms with Crippen molar-refractivity contribution in [1.82, 2.24) is 19.9 Å². The average molecular weight is 498 g/mol. The van der Waals surface area contributed by atoms with Gasteiger partial charge in [0.15, 0.2) is 17.1 Å². The molecule has 36 heavy (non-hydrogen) atoms. The molecule has 0 aliphatic rings. The van der Waals surface area contributed by atoms with Gasteiger partial charge < -0.3 is 20.4 Å². The van der Waals surface area contributed by atoms with Crippen LogP contribution in [0.5, 0.6) is 11.5 Å². The van der Waals surface area contributed by atoms with Gasteiger partial charge in [0.2, 0.25) is 0 Å². The average Bonchev–Trinajstić information content (AvgIpc) is 3.22. The molecule has 3 heterocycles. The summed E-state index contributed by atoms with van der Waals surface area (Å²) in [6.45, 7) is 0. The second-order valence-corrected chi connectivity index (χ2v) is 7.50. The van der Waals surface area contributed by atoms with Gasteiger partial charge in [-0.1, -0.05) is 0 Å². The number of urea groups is 1. The number of alkyl halides is 3. The van der Waals surface area contributed by atoms with Crippen molar-refractivity contribution in [3.05, 3.63) is 82.8 Å². The van der Waals surface area contributed by atoms with Gasteiger partial charge in [0.25, 0.3) is 0 Å². The fourth-order valence-corrected chi connectivity index (χ4v) is 3.53. The molecule has 0 aliphatic heterocycles. The van der Waals surface area contributed by atoms with E-state index in [0.717, 1.165) is 0 Å². The third kappa shape index (κ3) is 4.41. The molecule has 5 rings (SSSR count). The number of aromatic amines is 2. The number of imidazole rings is 1. The fraction of sp³-hybridized carbons (Fsp3) is 0.0435. The summed E-state index contributed by atoms with van der Waals surface area (Å²) in [4.78, 5) is 37.6. The topological polar surface area (TPSA) is 125 Å². The highest BCUT2D eigenvalue weighted by molar-refractivity contribution is 6.06. The minimum atomic E-state index is -4.70. The van der Waals surface area contributed by atoms with E-state index < -0.39 is 35.0 Å². The summed E-state index contributed by atoms with van der Waals surface area (Å²) in [5, 5.41) is 5.01.